The molecule has 8 nitrogen and oxygen atoms in total. The third kappa shape index (κ3) is 4.71. The smallest absolute Gasteiger partial charge is 0.243 e. The van der Waals surface area contributed by atoms with Gasteiger partial charge in [0, 0.05) is 25.7 Å². The highest BCUT2D eigenvalue weighted by molar-refractivity contribution is 7.89. The minimum Gasteiger partial charge on any atom is -0.341 e. The van der Waals surface area contributed by atoms with Gasteiger partial charge in [0.2, 0.25) is 15.9 Å². The highest BCUT2D eigenvalue weighted by Crippen LogP contribution is 2.30. The van der Waals surface area contributed by atoms with E-state index in [9.17, 15) is 13.2 Å². The van der Waals surface area contributed by atoms with Crippen LogP contribution in [0.3, 0.4) is 0 Å². The summed E-state index contributed by atoms with van der Waals surface area (Å²) in [6.07, 6.45) is 4.17. The number of piperidine rings is 1. The molecule has 1 aromatic heterocycles. The Labute approximate surface area is 207 Å². The number of rotatable bonds is 6. The third-order valence-corrected chi connectivity index (χ3v) is 9.22. The van der Waals surface area contributed by atoms with E-state index in [0.717, 1.165) is 24.8 Å². The molecule has 35 heavy (non-hydrogen) atoms. The normalized spacial score (nSPS) is 20.2. The van der Waals surface area contributed by atoms with E-state index in [-0.39, 0.29) is 16.8 Å². The average Bonchev–Trinajstić information content (AvgIpc) is 3.52. The molecule has 2 aliphatic rings. The Morgan fingerprint density at radius 1 is 1.03 bits per heavy atom. The average molecular weight is 496 g/mol. The van der Waals surface area contributed by atoms with Gasteiger partial charge in [-0.1, -0.05) is 35.5 Å². The van der Waals surface area contributed by atoms with Crippen LogP contribution in [0.4, 0.5) is 0 Å². The molecule has 1 atom stereocenters. The summed E-state index contributed by atoms with van der Waals surface area (Å²) < 4.78 is 30.3. The lowest BCUT2D eigenvalue weighted by Crippen LogP contribution is -2.50. The fourth-order valence-electron chi connectivity index (χ4n) is 5.39. The van der Waals surface area contributed by atoms with Gasteiger partial charge in [0.1, 0.15) is 11.6 Å². The summed E-state index contributed by atoms with van der Waals surface area (Å²) in [7, 11) is -3.82. The predicted molar refractivity (Wildman–Crippen MR) is 134 cm³/mol. The van der Waals surface area contributed by atoms with Gasteiger partial charge >= 0.3 is 0 Å². The van der Waals surface area contributed by atoms with Crippen molar-refractivity contribution in [3.05, 3.63) is 54.1 Å². The minimum absolute atomic E-state index is 0.0592. The van der Waals surface area contributed by atoms with E-state index in [2.05, 4.69) is 34.6 Å². The van der Waals surface area contributed by atoms with Crippen LogP contribution < -0.4 is 0 Å². The van der Waals surface area contributed by atoms with Crippen molar-refractivity contribution >= 4 is 27.0 Å². The van der Waals surface area contributed by atoms with Crippen molar-refractivity contribution < 1.29 is 13.2 Å². The molecule has 2 aliphatic heterocycles. The fraction of sp³-hybridized carbons (Fsp3) is 0.500. The number of hydrogen-bond donors (Lipinski definition) is 0. The zero-order valence-electron chi connectivity index (χ0n) is 20.4. The number of carbonyl (C=O) groups is 1. The molecule has 0 aliphatic carbocycles. The first-order valence-corrected chi connectivity index (χ1v) is 14.0. The number of carbonyl (C=O) groups excluding carboxylic acids is 1. The maximum absolute atomic E-state index is 13.6. The van der Waals surface area contributed by atoms with E-state index in [1.807, 2.05) is 24.8 Å². The summed E-state index contributed by atoms with van der Waals surface area (Å²) >= 11 is 0. The zero-order chi connectivity index (χ0) is 24.6. The first-order chi connectivity index (χ1) is 16.8. The number of fused-ring (bicyclic) bond motifs is 1. The van der Waals surface area contributed by atoms with Gasteiger partial charge in [0.05, 0.1) is 10.4 Å². The van der Waals surface area contributed by atoms with Crippen molar-refractivity contribution in [1.82, 2.24) is 24.2 Å². The molecule has 2 fully saturated rings. The Hall–Kier alpha value is -2.78. The summed E-state index contributed by atoms with van der Waals surface area (Å²) in [6, 6.07) is 14.9. The molecule has 0 spiro atoms. The Morgan fingerprint density at radius 2 is 1.77 bits per heavy atom. The van der Waals surface area contributed by atoms with Gasteiger partial charge in [0.25, 0.3) is 0 Å². The van der Waals surface area contributed by atoms with Crippen molar-refractivity contribution in [2.24, 2.45) is 5.92 Å². The van der Waals surface area contributed by atoms with Crippen LogP contribution in [-0.2, 0) is 21.2 Å². The number of sulfonamides is 1. The number of benzene rings is 2. The molecule has 3 aromatic rings. The van der Waals surface area contributed by atoms with Gasteiger partial charge in [-0.05, 0) is 75.6 Å². The van der Waals surface area contributed by atoms with Crippen molar-refractivity contribution in [2.45, 2.75) is 62.9 Å². The molecule has 0 bridgehead atoms. The molecule has 5 rings (SSSR count). The summed E-state index contributed by atoms with van der Waals surface area (Å²) in [5.74, 6) is 0.493. The van der Waals surface area contributed by atoms with Crippen LogP contribution in [0.2, 0.25) is 0 Å². The summed E-state index contributed by atoms with van der Waals surface area (Å²) in [6.45, 7) is 5.74. The molecule has 186 valence electrons. The first-order valence-electron chi connectivity index (χ1n) is 12.5. The number of likely N-dealkylation sites (tertiary alicyclic amines) is 1. The van der Waals surface area contributed by atoms with Crippen LogP contribution in [0, 0.1) is 5.92 Å². The van der Waals surface area contributed by atoms with E-state index < -0.39 is 16.1 Å². The second kappa shape index (κ2) is 9.70. The summed E-state index contributed by atoms with van der Waals surface area (Å²) in [5, 5.41) is 8.31. The van der Waals surface area contributed by atoms with Crippen LogP contribution in [0.15, 0.2) is 53.4 Å². The molecule has 3 heterocycles. The second-order valence-corrected chi connectivity index (χ2v) is 11.9. The van der Waals surface area contributed by atoms with Crippen molar-refractivity contribution in [1.29, 1.82) is 0 Å². The SMILES string of the molecule is CC(C)n1nnc2cc(S(=O)(=O)N3CCCC3C(=O)N3CCC(Cc4ccccc4)CC3)ccc21. The zero-order valence-corrected chi connectivity index (χ0v) is 21.2. The van der Waals surface area contributed by atoms with Crippen LogP contribution >= 0.6 is 0 Å². The Morgan fingerprint density at radius 3 is 2.49 bits per heavy atom. The highest BCUT2D eigenvalue weighted by Gasteiger charge is 2.42. The molecular weight excluding hydrogens is 462 g/mol. The fourth-order valence-corrected chi connectivity index (χ4v) is 7.06. The van der Waals surface area contributed by atoms with Crippen LogP contribution in [0.5, 0.6) is 0 Å². The molecule has 0 saturated carbocycles. The maximum Gasteiger partial charge on any atom is 0.243 e. The Kier molecular flexibility index (Phi) is 6.63. The number of aromatic nitrogens is 3. The lowest BCUT2D eigenvalue weighted by molar-refractivity contribution is -0.136. The van der Waals surface area contributed by atoms with Gasteiger partial charge in [0.15, 0.2) is 0 Å². The molecule has 2 saturated heterocycles. The summed E-state index contributed by atoms with van der Waals surface area (Å²) in [5.41, 5.74) is 2.67. The number of hydrogen-bond acceptors (Lipinski definition) is 5. The minimum atomic E-state index is -3.82. The van der Waals surface area contributed by atoms with Gasteiger partial charge in [-0.2, -0.15) is 4.31 Å². The number of amides is 1. The van der Waals surface area contributed by atoms with Gasteiger partial charge in [-0.3, -0.25) is 4.79 Å². The molecular formula is C26H33N5O3S. The molecule has 0 N–H and O–H groups in total. The maximum atomic E-state index is 13.6. The van der Waals surface area contributed by atoms with Crippen molar-refractivity contribution in [2.75, 3.05) is 19.6 Å². The van der Waals surface area contributed by atoms with Crippen LogP contribution in [-0.4, -0.2) is 64.2 Å². The predicted octanol–water partition coefficient (Wildman–Crippen LogP) is 3.65. The van der Waals surface area contributed by atoms with E-state index in [1.54, 1.807) is 22.9 Å². The molecule has 2 aromatic carbocycles. The lowest BCUT2D eigenvalue weighted by Gasteiger charge is -2.35. The molecule has 0 radical (unpaired) electrons. The Bertz CT molecular complexity index is 1300. The van der Waals surface area contributed by atoms with E-state index in [0.29, 0.717) is 43.9 Å². The highest BCUT2D eigenvalue weighted by atomic mass is 32.2. The van der Waals surface area contributed by atoms with Gasteiger partial charge in [-0.15, -0.1) is 5.10 Å². The summed E-state index contributed by atoms with van der Waals surface area (Å²) in [4.78, 5) is 15.5. The van der Waals surface area contributed by atoms with E-state index >= 15 is 0 Å². The molecule has 1 amide bonds. The standard InChI is InChI=1S/C26H33N5O3S/c1-19(2)31-24-11-10-22(18-23(24)27-28-31)35(33,34)30-14-6-9-25(30)26(32)29-15-12-21(13-16-29)17-20-7-4-3-5-8-20/h3-5,7-8,10-11,18-19,21,25H,6,9,12-17H2,1-2H3. The number of nitrogens with zero attached hydrogens (tertiary/aromatic N) is 5. The van der Waals surface area contributed by atoms with Crippen molar-refractivity contribution in [3.63, 3.8) is 0 Å². The van der Waals surface area contributed by atoms with E-state index in [4.69, 9.17) is 0 Å². The molecule has 1 unspecified atom stereocenters. The van der Waals surface area contributed by atoms with Gasteiger partial charge < -0.3 is 4.90 Å². The molecule has 9 heteroatoms. The lowest BCUT2D eigenvalue weighted by atomic mass is 9.90. The largest absolute Gasteiger partial charge is 0.341 e. The third-order valence-electron chi connectivity index (χ3n) is 7.32. The quantitative estimate of drug-likeness (QED) is 0.521. The van der Waals surface area contributed by atoms with Gasteiger partial charge in [-0.25, -0.2) is 13.1 Å². The second-order valence-electron chi connectivity index (χ2n) is 10.0. The van der Waals surface area contributed by atoms with Crippen LogP contribution in [0.25, 0.3) is 11.0 Å². The monoisotopic (exact) mass is 495 g/mol. The van der Waals surface area contributed by atoms with E-state index in [1.165, 1.54) is 9.87 Å². The van der Waals surface area contributed by atoms with Crippen LogP contribution in [0.1, 0.15) is 51.1 Å². The topological polar surface area (TPSA) is 88.4 Å². The Balaban J connectivity index is 1.28. The van der Waals surface area contributed by atoms with Crippen molar-refractivity contribution in [3.8, 4) is 0 Å². The first kappa shape index (κ1) is 23.9.